The summed E-state index contributed by atoms with van der Waals surface area (Å²) in [4.78, 5) is 16.8. The molecule has 0 atom stereocenters. The molecule has 0 saturated heterocycles. The van der Waals surface area contributed by atoms with Gasteiger partial charge in [-0.15, -0.1) is 13.2 Å². The Kier molecular flexibility index (Phi) is 5.19. The number of pyridine rings is 1. The Bertz CT molecular complexity index is 1060. The molecule has 6 nitrogen and oxygen atoms in total. The maximum Gasteiger partial charge on any atom is 0.573 e. The lowest BCUT2D eigenvalue weighted by atomic mass is 10.0. The minimum Gasteiger partial charge on any atom is -0.462 e. The molecular formula is C21H18F3N3O3. The molecule has 0 aliphatic heterocycles. The van der Waals surface area contributed by atoms with E-state index < -0.39 is 12.3 Å². The van der Waals surface area contributed by atoms with Gasteiger partial charge in [-0.3, -0.25) is 4.98 Å². The van der Waals surface area contributed by atoms with Crippen LogP contribution in [-0.2, 0) is 4.74 Å². The third-order valence-electron chi connectivity index (χ3n) is 4.61. The fourth-order valence-corrected chi connectivity index (χ4v) is 3.29. The highest BCUT2D eigenvalue weighted by molar-refractivity contribution is 5.98. The molecule has 0 N–H and O–H groups in total. The zero-order chi connectivity index (χ0) is 21.3. The van der Waals surface area contributed by atoms with Crippen LogP contribution in [0.1, 0.15) is 41.7 Å². The molecule has 156 valence electrons. The van der Waals surface area contributed by atoms with E-state index in [1.807, 2.05) is 0 Å². The van der Waals surface area contributed by atoms with Gasteiger partial charge in [0.25, 0.3) is 0 Å². The average Bonchev–Trinajstić information content (AvgIpc) is 3.46. The third-order valence-corrected chi connectivity index (χ3v) is 4.61. The van der Waals surface area contributed by atoms with Gasteiger partial charge in [-0.2, -0.15) is 5.10 Å². The summed E-state index contributed by atoms with van der Waals surface area (Å²) in [6.45, 7) is 1.90. The molecule has 9 heteroatoms. The molecule has 0 bridgehead atoms. The number of carbonyl (C=O) groups is 1. The fourth-order valence-electron chi connectivity index (χ4n) is 3.29. The highest BCUT2D eigenvalue weighted by Gasteiger charge is 2.37. The molecular weight excluding hydrogens is 399 g/mol. The number of alkyl halides is 3. The lowest BCUT2D eigenvalue weighted by Crippen LogP contribution is -2.17. The average molecular weight is 417 g/mol. The molecule has 4 rings (SSSR count). The second kappa shape index (κ2) is 7.81. The lowest BCUT2D eigenvalue weighted by Gasteiger charge is -2.12. The minimum atomic E-state index is -4.81. The van der Waals surface area contributed by atoms with Crippen molar-refractivity contribution in [1.82, 2.24) is 14.8 Å². The Morgan fingerprint density at radius 2 is 1.93 bits per heavy atom. The number of benzene rings is 1. The summed E-state index contributed by atoms with van der Waals surface area (Å²) in [5, 5.41) is 4.60. The van der Waals surface area contributed by atoms with Crippen LogP contribution in [0.25, 0.3) is 16.9 Å². The van der Waals surface area contributed by atoms with Crippen molar-refractivity contribution in [3.63, 3.8) is 0 Å². The number of hydrogen-bond donors (Lipinski definition) is 0. The number of halogens is 3. The maximum atomic E-state index is 12.8. The summed E-state index contributed by atoms with van der Waals surface area (Å²) in [5.41, 5.74) is 2.39. The van der Waals surface area contributed by atoms with Crippen LogP contribution in [0.4, 0.5) is 13.2 Å². The van der Waals surface area contributed by atoms with Gasteiger partial charge >= 0.3 is 12.3 Å². The van der Waals surface area contributed by atoms with Gasteiger partial charge in [0, 0.05) is 29.9 Å². The van der Waals surface area contributed by atoms with Crippen molar-refractivity contribution in [3.05, 3.63) is 60.0 Å². The molecule has 1 saturated carbocycles. The molecule has 0 radical (unpaired) electrons. The van der Waals surface area contributed by atoms with Crippen LogP contribution in [0.5, 0.6) is 5.75 Å². The number of aromatic nitrogens is 3. The van der Waals surface area contributed by atoms with Crippen molar-refractivity contribution < 1.29 is 27.4 Å². The van der Waals surface area contributed by atoms with E-state index in [-0.39, 0.29) is 18.3 Å². The van der Waals surface area contributed by atoms with Crippen LogP contribution >= 0.6 is 0 Å². The van der Waals surface area contributed by atoms with Gasteiger partial charge in [0.2, 0.25) is 0 Å². The first-order chi connectivity index (χ1) is 14.4. The maximum absolute atomic E-state index is 12.8. The smallest absolute Gasteiger partial charge is 0.462 e. The zero-order valence-corrected chi connectivity index (χ0v) is 16.0. The Hall–Kier alpha value is -3.36. The molecule has 3 aromatic rings. The normalized spacial score (nSPS) is 13.9. The molecule has 1 aliphatic carbocycles. The lowest BCUT2D eigenvalue weighted by molar-refractivity contribution is -0.274. The summed E-state index contributed by atoms with van der Waals surface area (Å²) < 4.78 is 48.8. The van der Waals surface area contributed by atoms with Gasteiger partial charge in [0.05, 0.1) is 18.0 Å². The highest BCUT2D eigenvalue weighted by Crippen LogP contribution is 2.45. The molecule has 2 heterocycles. The first-order valence-corrected chi connectivity index (χ1v) is 9.44. The van der Waals surface area contributed by atoms with Crippen LogP contribution in [0.3, 0.4) is 0 Å². The summed E-state index contributed by atoms with van der Waals surface area (Å²) in [5.74, 6) is -0.805. The standard InChI is InChI=1S/C21H18F3N3O3/c1-2-29-20(28)17-18(13-8-10-25-11-9-13)26-27(19(17)14-6-7-14)15-4-3-5-16(12-15)30-21(22,23)24/h3-5,8-12,14H,2,6-7H2,1H3. The van der Waals surface area contributed by atoms with Crippen LogP contribution in [-0.4, -0.2) is 33.7 Å². The highest BCUT2D eigenvalue weighted by atomic mass is 19.4. The number of ether oxygens (including phenoxy) is 2. The Labute approximate surface area is 170 Å². The quantitative estimate of drug-likeness (QED) is 0.535. The molecule has 0 amide bonds. The summed E-state index contributed by atoms with van der Waals surface area (Å²) in [6.07, 6.45) is 0.0648. The number of hydrogen-bond acceptors (Lipinski definition) is 5. The summed E-state index contributed by atoms with van der Waals surface area (Å²) in [6, 6.07) is 8.97. The molecule has 0 spiro atoms. The Morgan fingerprint density at radius 1 is 1.20 bits per heavy atom. The van der Waals surface area contributed by atoms with Gasteiger partial charge in [0.15, 0.2) is 0 Å². The summed E-state index contributed by atoms with van der Waals surface area (Å²) >= 11 is 0. The predicted molar refractivity (Wildman–Crippen MR) is 101 cm³/mol. The van der Waals surface area contributed by atoms with Gasteiger partial charge in [-0.05, 0) is 44.0 Å². The monoisotopic (exact) mass is 417 g/mol. The van der Waals surface area contributed by atoms with E-state index in [2.05, 4.69) is 14.8 Å². The molecule has 2 aromatic heterocycles. The van der Waals surface area contributed by atoms with Crippen molar-refractivity contribution in [2.24, 2.45) is 0 Å². The van der Waals surface area contributed by atoms with Crippen LogP contribution in [0, 0.1) is 0 Å². The first kappa shape index (κ1) is 19.9. The number of nitrogens with zero attached hydrogens (tertiary/aromatic N) is 3. The van der Waals surface area contributed by atoms with Crippen molar-refractivity contribution in [2.75, 3.05) is 6.61 Å². The van der Waals surface area contributed by atoms with E-state index in [1.54, 1.807) is 37.5 Å². The number of carbonyl (C=O) groups excluding carboxylic acids is 1. The van der Waals surface area contributed by atoms with E-state index in [1.165, 1.54) is 22.9 Å². The van der Waals surface area contributed by atoms with Gasteiger partial charge < -0.3 is 9.47 Å². The minimum absolute atomic E-state index is 0.0692. The predicted octanol–water partition coefficient (Wildman–Crippen LogP) is 4.89. The zero-order valence-electron chi connectivity index (χ0n) is 16.0. The third kappa shape index (κ3) is 4.14. The van der Waals surface area contributed by atoms with E-state index in [0.29, 0.717) is 28.2 Å². The number of esters is 1. The van der Waals surface area contributed by atoms with E-state index in [4.69, 9.17) is 4.74 Å². The van der Waals surface area contributed by atoms with Crippen LogP contribution in [0.2, 0.25) is 0 Å². The van der Waals surface area contributed by atoms with Crippen molar-refractivity contribution in [3.8, 4) is 22.7 Å². The van der Waals surface area contributed by atoms with Crippen LogP contribution < -0.4 is 4.74 Å². The Balaban J connectivity index is 1.89. The second-order valence-corrected chi connectivity index (χ2v) is 6.80. The van der Waals surface area contributed by atoms with Gasteiger partial charge in [0.1, 0.15) is 17.0 Å². The second-order valence-electron chi connectivity index (χ2n) is 6.80. The van der Waals surface area contributed by atoms with E-state index >= 15 is 0 Å². The first-order valence-electron chi connectivity index (χ1n) is 9.44. The molecule has 1 aromatic carbocycles. The van der Waals surface area contributed by atoms with Gasteiger partial charge in [-0.1, -0.05) is 6.07 Å². The molecule has 1 fully saturated rings. The number of rotatable bonds is 6. The SMILES string of the molecule is CCOC(=O)c1c(-c2ccncc2)nn(-c2cccc(OC(F)(F)F)c2)c1C1CC1. The molecule has 1 aliphatic rings. The van der Waals surface area contributed by atoms with E-state index in [0.717, 1.165) is 12.8 Å². The van der Waals surface area contributed by atoms with Crippen LogP contribution in [0.15, 0.2) is 48.8 Å². The summed E-state index contributed by atoms with van der Waals surface area (Å²) in [7, 11) is 0. The van der Waals surface area contributed by atoms with Crippen molar-refractivity contribution >= 4 is 5.97 Å². The fraction of sp³-hybridized carbons (Fsp3) is 0.286. The van der Waals surface area contributed by atoms with Gasteiger partial charge in [-0.25, -0.2) is 9.48 Å². The van der Waals surface area contributed by atoms with Crippen molar-refractivity contribution in [1.29, 1.82) is 0 Å². The van der Waals surface area contributed by atoms with E-state index in [9.17, 15) is 18.0 Å². The molecule has 30 heavy (non-hydrogen) atoms. The topological polar surface area (TPSA) is 66.2 Å². The largest absolute Gasteiger partial charge is 0.573 e. The van der Waals surface area contributed by atoms with Crippen molar-refractivity contribution in [2.45, 2.75) is 32.0 Å². The Morgan fingerprint density at radius 3 is 2.57 bits per heavy atom. The molecule has 0 unspecified atom stereocenters.